The van der Waals surface area contributed by atoms with Crippen LogP contribution in [-0.2, 0) is 19.6 Å². The normalized spacial score (nSPS) is 17.0. The number of aliphatic hydroxyl groups is 1. The quantitative estimate of drug-likeness (QED) is 0.553. The van der Waals surface area contributed by atoms with Gasteiger partial charge in [-0.05, 0) is 48.9 Å². The summed E-state index contributed by atoms with van der Waals surface area (Å²) in [5, 5.41) is 26.2. The van der Waals surface area contributed by atoms with Gasteiger partial charge in [-0.15, -0.1) is 0 Å². The number of hydrogen-bond donors (Lipinski definition) is 2. The second-order valence-electron chi connectivity index (χ2n) is 6.28. The molecule has 0 fully saturated rings. The molecule has 1 aliphatic rings. The molecule has 3 N–H and O–H groups in total. The summed E-state index contributed by atoms with van der Waals surface area (Å²) in [6.07, 6.45) is 0. The van der Waals surface area contributed by atoms with Gasteiger partial charge in [0.1, 0.15) is 0 Å². The predicted molar refractivity (Wildman–Crippen MR) is 101 cm³/mol. The molecule has 0 aliphatic carbocycles. The van der Waals surface area contributed by atoms with Crippen molar-refractivity contribution in [2.75, 3.05) is 4.90 Å². The van der Waals surface area contributed by atoms with Crippen LogP contribution in [0.2, 0.25) is 0 Å². The van der Waals surface area contributed by atoms with Crippen molar-refractivity contribution in [3.63, 3.8) is 0 Å². The second kappa shape index (κ2) is 7.11. The summed E-state index contributed by atoms with van der Waals surface area (Å²) in [6, 6.07) is 9.15. The number of hydrogen-bond acceptors (Lipinski definition) is 7. The Hall–Kier alpha value is -3.57. The average Bonchev–Trinajstić information content (AvgIpc) is 2.92. The van der Waals surface area contributed by atoms with Crippen LogP contribution in [0.1, 0.15) is 18.5 Å². The second-order valence-corrected chi connectivity index (χ2v) is 7.85. The number of Topliss-reactive ketones (excluding diaryl/α,β-unsaturated/α-hetero) is 1. The molecule has 0 radical (unpaired) electrons. The van der Waals surface area contributed by atoms with Crippen LogP contribution in [0, 0.1) is 10.1 Å². The summed E-state index contributed by atoms with van der Waals surface area (Å²) in [6.45, 7) is 1.19. The van der Waals surface area contributed by atoms with Gasteiger partial charge < -0.3 is 5.11 Å². The standard InChI is InChI=1S/C18H15N3O7S/c1-10(22)15-16(11-2-4-13(5-3-11)21(25)26)20(18(24)17(15)23)12-6-8-14(9-7-12)29(19,27)28/h2-9,16,23H,1H3,(H2,19,27,28)/t16-/m1/s1. The molecule has 1 heterocycles. The van der Waals surface area contributed by atoms with Crippen LogP contribution in [0.3, 0.4) is 0 Å². The molecule has 2 aromatic carbocycles. The van der Waals surface area contributed by atoms with Gasteiger partial charge in [-0.1, -0.05) is 0 Å². The highest BCUT2D eigenvalue weighted by molar-refractivity contribution is 7.89. The van der Waals surface area contributed by atoms with Crippen molar-refractivity contribution in [3.8, 4) is 0 Å². The number of carbonyl (C=O) groups is 2. The molecule has 11 heteroatoms. The number of carbonyl (C=O) groups excluding carboxylic acids is 2. The number of amides is 1. The maximum Gasteiger partial charge on any atom is 0.294 e. The molecule has 0 unspecified atom stereocenters. The fraction of sp³-hybridized carbons (Fsp3) is 0.111. The van der Waals surface area contributed by atoms with Crippen molar-refractivity contribution in [2.24, 2.45) is 5.14 Å². The molecule has 0 saturated carbocycles. The van der Waals surface area contributed by atoms with E-state index in [0.717, 1.165) is 4.90 Å². The van der Waals surface area contributed by atoms with E-state index >= 15 is 0 Å². The number of nitrogens with two attached hydrogens (primary N) is 1. The molecule has 0 aromatic heterocycles. The summed E-state index contributed by atoms with van der Waals surface area (Å²) in [5.74, 6) is -2.15. The van der Waals surface area contributed by atoms with E-state index in [2.05, 4.69) is 0 Å². The van der Waals surface area contributed by atoms with Crippen LogP contribution < -0.4 is 10.0 Å². The number of rotatable bonds is 5. The van der Waals surface area contributed by atoms with Gasteiger partial charge in [0, 0.05) is 17.8 Å². The molecule has 1 atom stereocenters. The Bertz CT molecular complexity index is 1150. The van der Waals surface area contributed by atoms with Crippen molar-refractivity contribution in [1.29, 1.82) is 0 Å². The maximum absolute atomic E-state index is 12.7. The fourth-order valence-corrected chi connectivity index (χ4v) is 3.64. The number of nitro benzene ring substituents is 1. The highest BCUT2D eigenvalue weighted by Gasteiger charge is 2.43. The van der Waals surface area contributed by atoms with E-state index < -0.39 is 38.4 Å². The molecule has 29 heavy (non-hydrogen) atoms. The Morgan fingerprint density at radius 1 is 1.14 bits per heavy atom. The zero-order valence-corrected chi connectivity index (χ0v) is 15.8. The van der Waals surface area contributed by atoms with Gasteiger partial charge in [0.25, 0.3) is 11.6 Å². The maximum atomic E-state index is 12.7. The summed E-state index contributed by atoms with van der Waals surface area (Å²) in [7, 11) is -3.95. The van der Waals surface area contributed by atoms with Gasteiger partial charge in [-0.2, -0.15) is 0 Å². The van der Waals surface area contributed by atoms with Crippen LogP contribution in [0.25, 0.3) is 0 Å². The lowest BCUT2D eigenvalue weighted by molar-refractivity contribution is -0.384. The Balaban J connectivity index is 2.13. The summed E-state index contributed by atoms with van der Waals surface area (Å²) >= 11 is 0. The first-order chi connectivity index (χ1) is 13.5. The Morgan fingerprint density at radius 3 is 2.14 bits per heavy atom. The molecular formula is C18H15N3O7S. The highest BCUT2D eigenvalue weighted by Crippen LogP contribution is 2.41. The lowest BCUT2D eigenvalue weighted by atomic mass is 9.96. The molecule has 3 rings (SSSR count). The topological polar surface area (TPSA) is 161 Å². The molecule has 2 aromatic rings. The first-order valence-electron chi connectivity index (χ1n) is 8.17. The molecule has 1 aliphatic heterocycles. The summed E-state index contributed by atoms with van der Waals surface area (Å²) in [5.41, 5.74) is 0.210. The van der Waals surface area contributed by atoms with E-state index in [9.17, 15) is 33.2 Å². The predicted octanol–water partition coefficient (Wildman–Crippen LogP) is 1.73. The third-order valence-corrected chi connectivity index (χ3v) is 5.38. The monoisotopic (exact) mass is 417 g/mol. The van der Waals surface area contributed by atoms with Gasteiger partial charge in [-0.3, -0.25) is 24.6 Å². The smallest absolute Gasteiger partial charge is 0.294 e. The minimum atomic E-state index is -3.95. The third-order valence-electron chi connectivity index (χ3n) is 4.45. The van der Waals surface area contributed by atoms with Crippen molar-refractivity contribution in [3.05, 3.63) is 75.5 Å². The number of primary sulfonamides is 1. The Morgan fingerprint density at radius 2 is 1.69 bits per heavy atom. The largest absolute Gasteiger partial charge is 0.503 e. The van der Waals surface area contributed by atoms with Crippen molar-refractivity contribution < 1.29 is 28.0 Å². The van der Waals surface area contributed by atoms with E-state index in [0.29, 0.717) is 5.56 Å². The highest BCUT2D eigenvalue weighted by atomic mass is 32.2. The number of non-ortho nitro benzene ring substituents is 1. The van der Waals surface area contributed by atoms with Crippen LogP contribution in [0.15, 0.2) is 64.8 Å². The summed E-state index contributed by atoms with van der Waals surface area (Å²) in [4.78, 5) is 36.0. The molecular weight excluding hydrogens is 402 g/mol. The zero-order chi connectivity index (χ0) is 21.5. The van der Waals surface area contributed by atoms with E-state index in [1.165, 1.54) is 55.5 Å². The molecule has 0 saturated heterocycles. The summed E-state index contributed by atoms with van der Waals surface area (Å²) < 4.78 is 22.9. The fourth-order valence-electron chi connectivity index (χ4n) is 3.12. The van der Waals surface area contributed by atoms with Gasteiger partial charge in [0.2, 0.25) is 10.0 Å². The van der Waals surface area contributed by atoms with Crippen LogP contribution in [0.5, 0.6) is 0 Å². The first-order valence-corrected chi connectivity index (χ1v) is 9.72. The zero-order valence-electron chi connectivity index (χ0n) is 15.0. The van der Waals surface area contributed by atoms with Gasteiger partial charge in [0.05, 0.1) is 21.4 Å². The van der Waals surface area contributed by atoms with Gasteiger partial charge >= 0.3 is 0 Å². The lowest BCUT2D eigenvalue weighted by Crippen LogP contribution is -2.30. The number of nitro groups is 1. The minimum absolute atomic E-state index is 0.167. The molecule has 10 nitrogen and oxygen atoms in total. The number of benzene rings is 2. The minimum Gasteiger partial charge on any atom is -0.503 e. The number of anilines is 1. The van der Waals surface area contributed by atoms with Crippen molar-refractivity contribution in [1.82, 2.24) is 0 Å². The number of ketones is 1. The van der Waals surface area contributed by atoms with E-state index in [4.69, 9.17) is 5.14 Å². The van der Waals surface area contributed by atoms with Crippen LogP contribution in [0.4, 0.5) is 11.4 Å². The van der Waals surface area contributed by atoms with Crippen LogP contribution >= 0.6 is 0 Å². The van der Waals surface area contributed by atoms with Crippen molar-refractivity contribution >= 4 is 33.1 Å². The van der Waals surface area contributed by atoms with E-state index in [1.54, 1.807) is 0 Å². The average molecular weight is 417 g/mol. The Labute approximate surface area is 165 Å². The van der Waals surface area contributed by atoms with Gasteiger partial charge in [0.15, 0.2) is 11.5 Å². The molecule has 0 spiro atoms. The van der Waals surface area contributed by atoms with E-state index in [1.807, 2.05) is 0 Å². The molecule has 0 bridgehead atoms. The Kier molecular flexibility index (Phi) is 4.95. The van der Waals surface area contributed by atoms with E-state index in [-0.39, 0.29) is 21.8 Å². The molecule has 150 valence electrons. The molecule has 1 amide bonds. The third kappa shape index (κ3) is 3.60. The SMILES string of the molecule is CC(=O)C1=C(O)C(=O)N(c2ccc(S(N)(=O)=O)cc2)[C@@H]1c1ccc([N+](=O)[O-])cc1. The number of aliphatic hydroxyl groups excluding tert-OH is 1. The van der Waals surface area contributed by atoms with Crippen molar-refractivity contribution in [2.45, 2.75) is 17.9 Å². The number of nitrogens with zero attached hydrogens (tertiary/aromatic N) is 2. The van der Waals surface area contributed by atoms with Crippen LogP contribution in [-0.4, -0.2) is 30.1 Å². The number of sulfonamides is 1. The lowest BCUT2D eigenvalue weighted by Gasteiger charge is -2.26. The van der Waals surface area contributed by atoms with Gasteiger partial charge in [-0.25, -0.2) is 13.6 Å². The first kappa shape index (κ1) is 20.2.